The van der Waals surface area contributed by atoms with Crippen molar-refractivity contribution in [2.24, 2.45) is 0 Å². The van der Waals surface area contributed by atoms with Gasteiger partial charge < -0.3 is 4.74 Å². The van der Waals surface area contributed by atoms with Crippen molar-refractivity contribution >= 4 is 15.6 Å². The Kier molecular flexibility index (Phi) is 7.15. The molecule has 11 heteroatoms. The third kappa shape index (κ3) is 5.67. The molecule has 0 spiro atoms. The lowest BCUT2D eigenvalue weighted by molar-refractivity contribution is -0.131. The standard InChI is InChI=1S/C24H26FN5O4S/c1-3-24(25,20-9-10-27-22(30-20)15-35(32,33)18-7-8-18)21(31)11-17-6-5-16(12-28-17)19-13-26-14-23(29-19)34-4-2/h5-6,9-10,12-14,18H,3-4,7-8,11,15H2,1-2H3. The van der Waals surface area contributed by atoms with Crippen molar-refractivity contribution in [3.05, 3.63) is 60.2 Å². The molecule has 35 heavy (non-hydrogen) atoms. The molecule has 0 saturated heterocycles. The molecule has 9 nitrogen and oxygen atoms in total. The van der Waals surface area contributed by atoms with Crippen LogP contribution in [0.5, 0.6) is 5.88 Å². The second-order valence-corrected chi connectivity index (χ2v) is 10.6. The Morgan fingerprint density at radius 2 is 1.91 bits per heavy atom. The lowest BCUT2D eigenvalue weighted by Gasteiger charge is -2.22. The fourth-order valence-electron chi connectivity index (χ4n) is 3.63. The molecule has 4 rings (SSSR count). The van der Waals surface area contributed by atoms with Crippen LogP contribution in [0.25, 0.3) is 11.3 Å². The monoisotopic (exact) mass is 499 g/mol. The molecule has 0 bridgehead atoms. The number of Topliss-reactive ketones (excluding diaryl/α,β-unsaturated/α-hetero) is 1. The number of rotatable bonds is 11. The molecule has 1 atom stereocenters. The number of hydrogen-bond acceptors (Lipinski definition) is 9. The molecular weight excluding hydrogens is 473 g/mol. The maximum atomic E-state index is 15.9. The maximum Gasteiger partial charge on any atom is 0.232 e. The van der Waals surface area contributed by atoms with Crippen molar-refractivity contribution in [2.75, 3.05) is 6.61 Å². The smallest absolute Gasteiger partial charge is 0.232 e. The van der Waals surface area contributed by atoms with Gasteiger partial charge in [-0.1, -0.05) is 6.92 Å². The quantitative estimate of drug-likeness (QED) is 0.391. The zero-order valence-electron chi connectivity index (χ0n) is 19.5. The van der Waals surface area contributed by atoms with Crippen LogP contribution in [-0.4, -0.2) is 51.0 Å². The van der Waals surface area contributed by atoms with Crippen molar-refractivity contribution < 1.29 is 22.3 Å². The third-order valence-electron chi connectivity index (χ3n) is 5.77. The largest absolute Gasteiger partial charge is 0.477 e. The minimum Gasteiger partial charge on any atom is -0.477 e. The molecule has 1 aliphatic carbocycles. The summed E-state index contributed by atoms with van der Waals surface area (Å²) in [6, 6.07) is 4.67. The number of hydrogen-bond donors (Lipinski definition) is 0. The van der Waals surface area contributed by atoms with E-state index < -0.39 is 21.3 Å². The number of carbonyl (C=O) groups is 1. The first-order valence-electron chi connectivity index (χ1n) is 11.4. The van der Waals surface area contributed by atoms with Gasteiger partial charge in [0.1, 0.15) is 11.6 Å². The molecule has 3 aromatic rings. The van der Waals surface area contributed by atoms with Crippen LogP contribution in [0.3, 0.4) is 0 Å². The molecule has 0 radical (unpaired) electrons. The summed E-state index contributed by atoms with van der Waals surface area (Å²) in [5.74, 6) is -0.692. The van der Waals surface area contributed by atoms with Crippen molar-refractivity contribution in [2.45, 2.75) is 56.2 Å². The van der Waals surface area contributed by atoms with Gasteiger partial charge in [-0.2, -0.15) is 0 Å². The summed E-state index contributed by atoms with van der Waals surface area (Å²) in [7, 11) is -3.37. The first kappa shape index (κ1) is 24.8. The highest BCUT2D eigenvalue weighted by atomic mass is 32.2. The van der Waals surface area contributed by atoms with Gasteiger partial charge in [0.15, 0.2) is 15.6 Å². The van der Waals surface area contributed by atoms with Gasteiger partial charge in [-0.25, -0.2) is 27.8 Å². The number of carbonyl (C=O) groups excluding carboxylic acids is 1. The van der Waals surface area contributed by atoms with Crippen LogP contribution < -0.4 is 4.74 Å². The number of nitrogens with zero attached hydrogens (tertiary/aromatic N) is 5. The normalized spacial score (nSPS) is 15.4. The van der Waals surface area contributed by atoms with E-state index in [0.29, 0.717) is 42.3 Å². The number of sulfone groups is 1. The van der Waals surface area contributed by atoms with Crippen LogP contribution in [0.1, 0.15) is 50.3 Å². The molecule has 0 aromatic carbocycles. The predicted molar refractivity (Wildman–Crippen MR) is 126 cm³/mol. The number of ether oxygens (including phenoxy) is 1. The van der Waals surface area contributed by atoms with Gasteiger partial charge >= 0.3 is 0 Å². The van der Waals surface area contributed by atoms with Crippen molar-refractivity contribution in [1.29, 1.82) is 0 Å². The van der Waals surface area contributed by atoms with E-state index in [-0.39, 0.29) is 35.4 Å². The van der Waals surface area contributed by atoms with E-state index in [1.807, 2.05) is 6.92 Å². The molecule has 0 amide bonds. The van der Waals surface area contributed by atoms with Gasteiger partial charge in [0.2, 0.25) is 11.5 Å². The second kappa shape index (κ2) is 10.1. The third-order valence-corrected chi connectivity index (χ3v) is 7.92. The Hall–Kier alpha value is -3.34. The predicted octanol–water partition coefficient (Wildman–Crippen LogP) is 3.19. The summed E-state index contributed by atoms with van der Waals surface area (Å²) in [5, 5.41) is -0.376. The van der Waals surface area contributed by atoms with E-state index in [0.717, 1.165) is 0 Å². The molecule has 3 aromatic heterocycles. The van der Waals surface area contributed by atoms with Crippen LogP contribution in [-0.2, 0) is 32.5 Å². The average Bonchev–Trinajstić information content (AvgIpc) is 3.71. The van der Waals surface area contributed by atoms with Crippen LogP contribution in [0.2, 0.25) is 0 Å². The van der Waals surface area contributed by atoms with E-state index in [2.05, 4.69) is 24.9 Å². The van der Waals surface area contributed by atoms with E-state index in [1.165, 1.54) is 18.5 Å². The van der Waals surface area contributed by atoms with Crippen molar-refractivity contribution in [3.63, 3.8) is 0 Å². The summed E-state index contributed by atoms with van der Waals surface area (Å²) in [5.41, 5.74) is -0.910. The Labute approximate surface area is 203 Å². The van der Waals surface area contributed by atoms with Crippen LogP contribution in [0, 0.1) is 0 Å². The summed E-state index contributed by atoms with van der Waals surface area (Å²) in [4.78, 5) is 33.9. The van der Waals surface area contributed by atoms with Crippen LogP contribution in [0.15, 0.2) is 43.0 Å². The number of halogens is 1. The zero-order chi connectivity index (χ0) is 25.1. The first-order chi connectivity index (χ1) is 16.7. The molecule has 0 N–H and O–H groups in total. The summed E-state index contributed by atoms with van der Waals surface area (Å²) in [6.45, 7) is 3.85. The highest BCUT2D eigenvalue weighted by Gasteiger charge is 2.41. The van der Waals surface area contributed by atoms with Gasteiger partial charge in [-0.05, 0) is 44.4 Å². The first-order valence-corrected chi connectivity index (χ1v) is 13.1. The Balaban J connectivity index is 1.50. The average molecular weight is 500 g/mol. The van der Waals surface area contributed by atoms with Gasteiger partial charge in [-0.15, -0.1) is 0 Å². The van der Waals surface area contributed by atoms with E-state index in [4.69, 9.17) is 4.74 Å². The number of alkyl halides is 1. The van der Waals surface area contributed by atoms with Gasteiger partial charge in [-0.3, -0.25) is 14.8 Å². The highest BCUT2D eigenvalue weighted by molar-refractivity contribution is 7.91. The fourth-order valence-corrected chi connectivity index (χ4v) is 5.21. The van der Waals surface area contributed by atoms with Gasteiger partial charge in [0.25, 0.3) is 0 Å². The minimum absolute atomic E-state index is 0.00412. The molecule has 3 heterocycles. The lowest BCUT2D eigenvalue weighted by atomic mass is 9.90. The molecule has 1 fully saturated rings. The molecule has 1 saturated carbocycles. The van der Waals surface area contributed by atoms with Crippen LogP contribution in [0.4, 0.5) is 4.39 Å². The molecular formula is C24H26FN5O4S. The highest BCUT2D eigenvalue weighted by Crippen LogP contribution is 2.33. The van der Waals surface area contributed by atoms with Gasteiger partial charge in [0, 0.05) is 23.7 Å². The molecule has 1 unspecified atom stereocenters. The maximum absolute atomic E-state index is 15.9. The topological polar surface area (TPSA) is 125 Å². The summed E-state index contributed by atoms with van der Waals surface area (Å²) < 4.78 is 45.9. The van der Waals surface area contributed by atoms with E-state index >= 15 is 4.39 Å². The number of aromatic nitrogens is 5. The second-order valence-electron chi connectivity index (χ2n) is 8.33. The molecule has 1 aliphatic rings. The molecule has 184 valence electrons. The lowest BCUT2D eigenvalue weighted by Crippen LogP contribution is -2.33. The van der Waals surface area contributed by atoms with Crippen LogP contribution >= 0.6 is 0 Å². The van der Waals surface area contributed by atoms with Crippen molar-refractivity contribution in [1.82, 2.24) is 24.9 Å². The summed E-state index contributed by atoms with van der Waals surface area (Å²) in [6.07, 6.45) is 6.76. The SMILES string of the molecule is CCOc1cncc(-c2ccc(CC(=O)C(F)(CC)c3ccnc(CS(=O)(=O)C4CC4)n3)nc2)n1. The Morgan fingerprint density at radius 1 is 1.11 bits per heavy atom. The zero-order valence-corrected chi connectivity index (χ0v) is 20.3. The van der Waals surface area contributed by atoms with Gasteiger partial charge in [0.05, 0.1) is 42.1 Å². The van der Waals surface area contributed by atoms with E-state index in [1.54, 1.807) is 31.5 Å². The van der Waals surface area contributed by atoms with E-state index in [9.17, 15) is 13.2 Å². The summed E-state index contributed by atoms with van der Waals surface area (Å²) >= 11 is 0. The van der Waals surface area contributed by atoms with Crippen molar-refractivity contribution in [3.8, 4) is 17.1 Å². The molecule has 0 aliphatic heterocycles. The Morgan fingerprint density at radius 3 is 2.57 bits per heavy atom. The fraction of sp³-hybridized carbons (Fsp3) is 0.417. The number of pyridine rings is 1. The number of ketones is 1. The minimum atomic E-state index is -3.37. The Bertz CT molecular complexity index is 1320.